The van der Waals surface area contributed by atoms with Crippen LogP contribution in [-0.2, 0) is 0 Å². The summed E-state index contributed by atoms with van der Waals surface area (Å²) in [7, 11) is 0. The molecule has 0 bridgehead atoms. The molecule has 1 saturated carbocycles. The second-order valence-electron chi connectivity index (χ2n) is 11.1. The van der Waals surface area contributed by atoms with Crippen LogP contribution in [0.5, 0.6) is 0 Å². The fourth-order valence-electron chi connectivity index (χ4n) is 5.63. The van der Waals surface area contributed by atoms with E-state index >= 15 is 0 Å². The maximum Gasteiger partial charge on any atom is 0.101 e. The van der Waals surface area contributed by atoms with E-state index in [1.54, 1.807) is 0 Å². The van der Waals surface area contributed by atoms with E-state index in [0.717, 1.165) is 12.6 Å². The summed E-state index contributed by atoms with van der Waals surface area (Å²) in [5.74, 6) is 0. The molecule has 2 nitrogen and oxygen atoms in total. The summed E-state index contributed by atoms with van der Waals surface area (Å²) < 4.78 is 0. The lowest BCUT2D eigenvalue weighted by Crippen LogP contribution is -2.41. The molecule has 0 aromatic heterocycles. The van der Waals surface area contributed by atoms with Gasteiger partial charge in [0.25, 0.3) is 0 Å². The Balaban J connectivity index is 0.000000352. The molecule has 1 aliphatic carbocycles. The van der Waals surface area contributed by atoms with Crippen molar-refractivity contribution in [3.8, 4) is 0 Å². The number of nitrogens with zero attached hydrogens (tertiary/aromatic N) is 1. The minimum atomic E-state index is 0.469. The summed E-state index contributed by atoms with van der Waals surface area (Å²) in [5.41, 5.74) is 8.30. The van der Waals surface area contributed by atoms with Gasteiger partial charge in [0.1, 0.15) is 5.37 Å². The van der Waals surface area contributed by atoms with Crippen molar-refractivity contribution in [1.82, 2.24) is 0 Å². The Labute approximate surface area is 229 Å². The molecule has 1 atom stereocenters. The highest BCUT2D eigenvalue weighted by molar-refractivity contribution is 8.00. The van der Waals surface area contributed by atoms with E-state index in [2.05, 4.69) is 49.6 Å². The van der Waals surface area contributed by atoms with Crippen LogP contribution in [0.2, 0.25) is 0 Å². The van der Waals surface area contributed by atoms with Crippen LogP contribution in [0, 0.1) is 0 Å². The zero-order valence-corrected chi connectivity index (χ0v) is 24.8. The minimum absolute atomic E-state index is 0.469. The van der Waals surface area contributed by atoms with Gasteiger partial charge in [-0.15, -0.1) is 0 Å². The molecule has 1 heterocycles. The number of benzene rings is 1. The van der Waals surface area contributed by atoms with E-state index in [4.69, 9.17) is 5.73 Å². The Morgan fingerprint density at radius 2 is 1.36 bits per heavy atom. The van der Waals surface area contributed by atoms with Crippen LogP contribution in [0.4, 0.5) is 5.69 Å². The first-order chi connectivity index (χ1) is 17.7. The summed E-state index contributed by atoms with van der Waals surface area (Å²) >= 11 is 2.04. The molecule has 3 rings (SSSR count). The van der Waals surface area contributed by atoms with Crippen molar-refractivity contribution in [3.05, 3.63) is 36.4 Å². The van der Waals surface area contributed by atoms with E-state index in [-0.39, 0.29) is 0 Å². The number of nitrogens with two attached hydrogens (primary N) is 1. The van der Waals surface area contributed by atoms with Gasteiger partial charge in [-0.3, -0.25) is 0 Å². The molecule has 36 heavy (non-hydrogen) atoms. The van der Waals surface area contributed by atoms with Crippen LogP contribution in [-0.4, -0.2) is 18.0 Å². The lowest BCUT2D eigenvalue weighted by Gasteiger charge is -2.38. The fraction of sp³-hybridized carbons (Fsp3) is 0.758. The van der Waals surface area contributed by atoms with Crippen LogP contribution in [0.15, 0.2) is 41.3 Å². The largest absolute Gasteiger partial charge is 0.352 e. The molecule has 0 radical (unpaired) electrons. The van der Waals surface area contributed by atoms with Crippen molar-refractivity contribution in [1.29, 1.82) is 0 Å². The van der Waals surface area contributed by atoms with Gasteiger partial charge < -0.3 is 10.6 Å². The molecule has 0 saturated heterocycles. The molecule has 0 amide bonds. The van der Waals surface area contributed by atoms with Crippen LogP contribution in [0.25, 0.3) is 0 Å². The van der Waals surface area contributed by atoms with E-state index in [1.165, 1.54) is 145 Å². The number of thioether (sulfide) groups is 1. The third kappa shape index (κ3) is 11.6. The third-order valence-electron chi connectivity index (χ3n) is 7.86. The number of rotatable bonds is 17. The maximum absolute atomic E-state index is 5.39. The Morgan fingerprint density at radius 3 is 1.97 bits per heavy atom. The molecular weight excluding hydrogens is 456 g/mol. The summed E-state index contributed by atoms with van der Waals surface area (Å²) in [4.78, 5) is 4.20. The van der Waals surface area contributed by atoms with Crippen LogP contribution in [0.3, 0.4) is 0 Å². The zero-order chi connectivity index (χ0) is 25.8. The highest BCUT2D eigenvalue weighted by atomic mass is 32.2. The van der Waals surface area contributed by atoms with Gasteiger partial charge in [0.2, 0.25) is 0 Å². The predicted octanol–water partition coefficient (Wildman–Crippen LogP) is 10.7. The van der Waals surface area contributed by atoms with Gasteiger partial charge in [-0.2, -0.15) is 0 Å². The van der Waals surface area contributed by atoms with Gasteiger partial charge in [-0.25, -0.2) is 0 Å². The average Bonchev–Trinajstić information content (AvgIpc) is 3.31. The molecule has 2 N–H and O–H groups in total. The van der Waals surface area contributed by atoms with Gasteiger partial charge in [0.15, 0.2) is 0 Å². The first kappa shape index (κ1) is 31.3. The van der Waals surface area contributed by atoms with Gasteiger partial charge in [-0.1, -0.05) is 141 Å². The van der Waals surface area contributed by atoms with Crippen LogP contribution in [0.1, 0.15) is 142 Å². The normalized spacial score (nSPS) is 17.5. The van der Waals surface area contributed by atoms with Gasteiger partial charge >= 0.3 is 0 Å². The fourth-order valence-corrected chi connectivity index (χ4v) is 7.01. The smallest absolute Gasteiger partial charge is 0.101 e. The average molecular weight is 515 g/mol. The standard InChI is InChI=1S/C23H35NS.C10H23N/c1-3-4-5-6-7-9-14-19(2)23-24(20-15-10-8-11-16-20)21-17-12-13-18-22(21)25-23;1-2-3-4-5-6-7-8-9-10-11/h12-13,17-18,20,23H,2-11,14-16H2,1H3;2-11H2,1H3. The molecule has 1 aromatic rings. The Hall–Kier alpha value is -0.930. The van der Waals surface area contributed by atoms with Crippen molar-refractivity contribution in [2.45, 2.75) is 159 Å². The maximum atomic E-state index is 5.39. The number of hydrogen-bond donors (Lipinski definition) is 1. The van der Waals surface area contributed by atoms with Crippen molar-refractivity contribution in [2.24, 2.45) is 5.73 Å². The van der Waals surface area contributed by atoms with Crippen molar-refractivity contribution < 1.29 is 0 Å². The molecule has 206 valence electrons. The highest BCUT2D eigenvalue weighted by Crippen LogP contribution is 2.49. The molecule has 0 spiro atoms. The Kier molecular flexibility index (Phi) is 17.5. The lowest BCUT2D eigenvalue weighted by molar-refractivity contribution is 0.415. The number of fused-ring (bicyclic) bond motifs is 1. The first-order valence-electron chi connectivity index (χ1n) is 15.6. The highest BCUT2D eigenvalue weighted by Gasteiger charge is 2.36. The number of para-hydroxylation sites is 1. The quantitative estimate of drug-likeness (QED) is 0.165. The SMILES string of the molecule is C=C(CCCCCCCC)C1Sc2ccccc2N1C1CCCCC1.CCCCCCCCCCN. The van der Waals surface area contributed by atoms with E-state index < -0.39 is 0 Å². The first-order valence-corrected chi connectivity index (χ1v) is 16.5. The minimum Gasteiger partial charge on any atom is -0.352 e. The second-order valence-corrected chi connectivity index (χ2v) is 12.2. The molecule has 1 unspecified atom stereocenters. The summed E-state index contributed by atoms with van der Waals surface area (Å²) in [6, 6.07) is 9.73. The van der Waals surface area contributed by atoms with Gasteiger partial charge in [-0.05, 0) is 56.4 Å². The number of unbranched alkanes of at least 4 members (excludes halogenated alkanes) is 12. The van der Waals surface area contributed by atoms with Gasteiger partial charge in [0.05, 0.1) is 5.69 Å². The Bertz CT molecular complexity index is 674. The third-order valence-corrected chi connectivity index (χ3v) is 9.24. The van der Waals surface area contributed by atoms with E-state index in [9.17, 15) is 0 Å². The molecule has 2 aliphatic rings. The number of hydrogen-bond acceptors (Lipinski definition) is 3. The van der Waals surface area contributed by atoms with Crippen molar-refractivity contribution >= 4 is 17.4 Å². The van der Waals surface area contributed by atoms with Crippen LogP contribution < -0.4 is 10.6 Å². The lowest BCUT2D eigenvalue weighted by atomic mass is 9.93. The number of anilines is 1. The van der Waals surface area contributed by atoms with E-state index in [0.29, 0.717) is 5.37 Å². The van der Waals surface area contributed by atoms with Crippen molar-refractivity contribution in [2.75, 3.05) is 11.4 Å². The van der Waals surface area contributed by atoms with Crippen LogP contribution >= 0.6 is 11.8 Å². The second kappa shape index (κ2) is 20.1. The van der Waals surface area contributed by atoms with E-state index in [1.807, 2.05) is 11.8 Å². The van der Waals surface area contributed by atoms with Gasteiger partial charge in [0, 0.05) is 10.9 Å². The molecule has 3 heteroatoms. The molecular formula is C33H58N2S. The molecule has 1 aromatic carbocycles. The molecule has 1 aliphatic heterocycles. The monoisotopic (exact) mass is 514 g/mol. The predicted molar refractivity (Wildman–Crippen MR) is 164 cm³/mol. The summed E-state index contributed by atoms with van der Waals surface area (Å²) in [5, 5.41) is 0.469. The Morgan fingerprint density at radius 1 is 0.806 bits per heavy atom. The zero-order valence-electron chi connectivity index (χ0n) is 24.0. The molecule has 1 fully saturated rings. The summed E-state index contributed by atoms with van der Waals surface area (Å²) in [6.45, 7) is 9.95. The summed E-state index contributed by atoms with van der Waals surface area (Å²) in [6.07, 6.45) is 27.3. The van der Waals surface area contributed by atoms with Crippen molar-refractivity contribution in [3.63, 3.8) is 0 Å². The topological polar surface area (TPSA) is 29.3 Å².